The predicted molar refractivity (Wildman–Crippen MR) is 96.4 cm³/mol. The van der Waals surface area contributed by atoms with Crippen molar-refractivity contribution in [2.24, 2.45) is 0 Å². The first-order valence-corrected chi connectivity index (χ1v) is 11.0. The molecule has 7 nitrogen and oxygen atoms in total. The van der Waals surface area contributed by atoms with Gasteiger partial charge in [0, 0.05) is 44.0 Å². The van der Waals surface area contributed by atoms with Crippen molar-refractivity contribution in [2.45, 2.75) is 10.6 Å². The second-order valence-corrected chi connectivity index (χ2v) is 9.70. The Balaban J connectivity index is 1.38. The number of imidazole rings is 1. The monoisotopic (exact) mass is 396 g/mol. The molecule has 132 valence electrons. The molecule has 0 bridgehead atoms. The van der Waals surface area contributed by atoms with Crippen LogP contribution in [0.4, 0.5) is 0 Å². The standard InChI is InChI=1S/C15H16N4O3S3/c20-13(10-12-11-18-7-9-24-15(18)16-12)17-3-5-19(6-4-17)25(21,22)14-2-1-8-23-14/h1-2,7-9,11H,3-6,10H2. The van der Waals surface area contributed by atoms with Gasteiger partial charge in [-0.2, -0.15) is 4.31 Å². The topological polar surface area (TPSA) is 75.0 Å². The van der Waals surface area contributed by atoms with Gasteiger partial charge in [-0.1, -0.05) is 6.07 Å². The highest BCUT2D eigenvalue weighted by Gasteiger charge is 2.30. The Hall–Kier alpha value is -1.75. The van der Waals surface area contributed by atoms with Crippen molar-refractivity contribution < 1.29 is 13.2 Å². The number of hydrogen-bond donors (Lipinski definition) is 0. The number of aromatic nitrogens is 2. The summed E-state index contributed by atoms with van der Waals surface area (Å²) in [6.45, 7) is 1.46. The lowest BCUT2D eigenvalue weighted by Crippen LogP contribution is -2.50. The maximum atomic E-state index is 12.5. The zero-order valence-electron chi connectivity index (χ0n) is 13.2. The van der Waals surface area contributed by atoms with E-state index in [2.05, 4.69) is 4.98 Å². The van der Waals surface area contributed by atoms with E-state index in [1.165, 1.54) is 27.0 Å². The molecule has 1 saturated heterocycles. The molecule has 3 aromatic heterocycles. The van der Waals surface area contributed by atoms with Gasteiger partial charge < -0.3 is 4.90 Å². The van der Waals surface area contributed by atoms with Crippen LogP contribution >= 0.6 is 22.7 Å². The van der Waals surface area contributed by atoms with Crippen LogP contribution in [0.5, 0.6) is 0 Å². The molecule has 0 unspecified atom stereocenters. The number of amides is 1. The smallest absolute Gasteiger partial charge is 0.252 e. The van der Waals surface area contributed by atoms with Crippen LogP contribution in [0.2, 0.25) is 0 Å². The number of thiophene rings is 1. The molecule has 1 fully saturated rings. The largest absolute Gasteiger partial charge is 0.340 e. The van der Waals surface area contributed by atoms with Crippen LogP contribution in [0.1, 0.15) is 5.69 Å². The predicted octanol–water partition coefficient (Wildman–Crippen LogP) is 1.53. The van der Waals surface area contributed by atoms with Crippen molar-refractivity contribution in [3.05, 3.63) is 41.0 Å². The summed E-state index contributed by atoms with van der Waals surface area (Å²) < 4.78 is 28.7. The minimum atomic E-state index is -3.44. The van der Waals surface area contributed by atoms with Crippen molar-refractivity contribution in [2.75, 3.05) is 26.2 Å². The Morgan fingerprint density at radius 3 is 2.64 bits per heavy atom. The third-order valence-electron chi connectivity index (χ3n) is 4.16. The number of carbonyl (C=O) groups excluding carboxylic acids is 1. The molecule has 0 saturated carbocycles. The summed E-state index contributed by atoms with van der Waals surface area (Å²) in [6.07, 6.45) is 4.02. The molecule has 1 amide bonds. The molecule has 1 aliphatic rings. The number of carbonyl (C=O) groups is 1. The van der Waals surface area contributed by atoms with Crippen molar-refractivity contribution in [1.82, 2.24) is 18.6 Å². The van der Waals surface area contributed by atoms with Crippen LogP contribution in [0.3, 0.4) is 0 Å². The molecule has 0 aliphatic carbocycles. The molecule has 25 heavy (non-hydrogen) atoms. The lowest BCUT2D eigenvalue weighted by molar-refractivity contribution is -0.131. The molecule has 4 heterocycles. The number of sulfonamides is 1. The van der Waals surface area contributed by atoms with Gasteiger partial charge in [0.15, 0.2) is 4.96 Å². The Kier molecular flexibility index (Phi) is 4.36. The number of thiazole rings is 1. The summed E-state index contributed by atoms with van der Waals surface area (Å²) in [5.74, 6) is -0.0149. The summed E-state index contributed by atoms with van der Waals surface area (Å²) in [7, 11) is -3.44. The van der Waals surface area contributed by atoms with Gasteiger partial charge in [0.25, 0.3) is 10.0 Å². The van der Waals surface area contributed by atoms with Crippen molar-refractivity contribution in [3.63, 3.8) is 0 Å². The highest BCUT2D eigenvalue weighted by Crippen LogP contribution is 2.22. The Bertz CT molecular complexity index is 954. The van der Waals surface area contributed by atoms with E-state index in [9.17, 15) is 13.2 Å². The van der Waals surface area contributed by atoms with Crippen LogP contribution in [0, 0.1) is 0 Å². The first-order valence-electron chi connectivity index (χ1n) is 7.76. The third kappa shape index (κ3) is 3.22. The normalized spacial score (nSPS) is 16.6. The van der Waals surface area contributed by atoms with E-state index in [1.54, 1.807) is 22.4 Å². The average Bonchev–Trinajstić information content (AvgIpc) is 3.32. The van der Waals surface area contributed by atoms with E-state index in [4.69, 9.17) is 0 Å². The SMILES string of the molecule is O=C(Cc1cn2ccsc2n1)N1CCN(S(=O)(=O)c2cccs2)CC1. The second kappa shape index (κ2) is 6.52. The molecule has 0 N–H and O–H groups in total. The number of fused-ring (bicyclic) bond motifs is 1. The van der Waals surface area contributed by atoms with Gasteiger partial charge in [-0.15, -0.1) is 22.7 Å². The highest BCUT2D eigenvalue weighted by molar-refractivity contribution is 7.91. The van der Waals surface area contributed by atoms with E-state index >= 15 is 0 Å². The van der Waals surface area contributed by atoms with E-state index < -0.39 is 10.0 Å². The van der Waals surface area contributed by atoms with E-state index in [1.807, 2.05) is 22.2 Å². The molecule has 3 aromatic rings. The highest BCUT2D eigenvalue weighted by atomic mass is 32.2. The van der Waals surface area contributed by atoms with Crippen LogP contribution in [0.25, 0.3) is 4.96 Å². The van der Waals surface area contributed by atoms with Gasteiger partial charge in [0.1, 0.15) is 4.21 Å². The quantitative estimate of drug-likeness (QED) is 0.670. The number of nitrogens with zero attached hydrogens (tertiary/aromatic N) is 4. The molecule has 0 atom stereocenters. The minimum absolute atomic E-state index is 0.0149. The first-order chi connectivity index (χ1) is 12.0. The zero-order valence-corrected chi connectivity index (χ0v) is 15.7. The Morgan fingerprint density at radius 1 is 1.16 bits per heavy atom. The van der Waals surface area contributed by atoms with Crippen molar-refractivity contribution >= 4 is 43.6 Å². The molecule has 1 aliphatic heterocycles. The number of rotatable bonds is 4. The van der Waals surface area contributed by atoms with Crippen LogP contribution in [-0.2, 0) is 21.2 Å². The fraction of sp³-hybridized carbons (Fsp3) is 0.333. The average molecular weight is 397 g/mol. The maximum Gasteiger partial charge on any atom is 0.252 e. The van der Waals surface area contributed by atoms with Gasteiger partial charge in [-0.3, -0.25) is 9.20 Å². The zero-order chi connectivity index (χ0) is 17.4. The Morgan fingerprint density at radius 2 is 1.96 bits per heavy atom. The molecule has 0 aromatic carbocycles. The van der Waals surface area contributed by atoms with Gasteiger partial charge >= 0.3 is 0 Å². The van der Waals surface area contributed by atoms with E-state index in [0.29, 0.717) is 30.4 Å². The lowest BCUT2D eigenvalue weighted by atomic mass is 10.2. The van der Waals surface area contributed by atoms with Crippen LogP contribution in [0.15, 0.2) is 39.5 Å². The Labute approximate surface area is 153 Å². The summed E-state index contributed by atoms with van der Waals surface area (Å²) in [4.78, 5) is 19.5. The van der Waals surface area contributed by atoms with Crippen LogP contribution in [-0.4, -0.2) is 59.1 Å². The number of piperazine rings is 1. The summed E-state index contributed by atoms with van der Waals surface area (Å²) in [6, 6.07) is 3.34. The fourth-order valence-corrected chi connectivity index (χ4v) is 6.13. The van der Waals surface area contributed by atoms with Gasteiger partial charge in [-0.05, 0) is 11.4 Å². The lowest BCUT2D eigenvalue weighted by Gasteiger charge is -2.33. The fourth-order valence-electron chi connectivity index (χ4n) is 2.84. The van der Waals surface area contributed by atoms with E-state index in [0.717, 1.165) is 10.7 Å². The van der Waals surface area contributed by atoms with Crippen molar-refractivity contribution in [3.8, 4) is 0 Å². The third-order valence-corrected chi connectivity index (χ3v) is 8.20. The molecule has 4 rings (SSSR count). The molecule has 0 radical (unpaired) electrons. The minimum Gasteiger partial charge on any atom is -0.340 e. The van der Waals surface area contributed by atoms with Crippen molar-refractivity contribution in [1.29, 1.82) is 0 Å². The van der Waals surface area contributed by atoms with Crippen LogP contribution < -0.4 is 0 Å². The van der Waals surface area contributed by atoms with E-state index in [-0.39, 0.29) is 12.3 Å². The summed E-state index contributed by atoms with van der Waals surface area (Å²) in [5.41, 5.74) is 0.741. The van der Waals surface area contributed by atoms with Gasteiger partial charge in [0.05, 0.1) is 12.1 Å². The van der Waals surface area contributed by atoms with Gasteiger partial charge in [-0.25, -0.2) is 13.4 Å². The molecular weight excluding hydrogens is 380 g/mol. The number of hydrogen-bond acceptors (Lipinski definition) is 6. The summed E-state index contributed by atoms with van der Waals surface area (Å²) in [5, 5.41) is 3.70. The molecular formula is C15H16N4O3S3. The molecule has 10 heteroatoms. The van der Waals surface area contributed by atoms with Gasteiger partial charge in [0.2, 0.25) is 5.91 Å². The second-order valence-electron chi connectivity index (χ2n) is 5.72. The summed E-state index contributed by atoms with van der Waals surface area (Å²) >= 11 is 2.74. The molecule has 0 spiro atoms. The first kappa shape index (κ1) is 16.7. The maximum absolute atomic E-state index is 12.5.